The lowest BCUT2D eigenvalue weighted by Crippen LogP contribution is -2.38. The number of halogens is 3. The number of fused-ring (bicyclic) bond motifs is 1. The predicted octanol–water partition coefficient (Wildman–Crippen LogP) is 4.79. The Balaban J connectivity index is 1.47. The Kier molecular flexibility index (Phi) is 5.01. The first-order valence-corrected chi connectivity index (χ1v) is 10.3. The van der Waals surface area contributed by atoms with Crippen LogP contribution in [0.25, 0.3) is 11.3 Å². The van der Waals surface area contributed by atoms with Crippen molar-refractivity contribution in [2.24, 2.45) is 7.05 Å². The van der Waals surface area contributed by atoms with Gasteiger partial charge in [0.25, 0.3) is 5.91 Å². The van der Waals surface area contributed by atoms with E-state index in [0.717, 1.165) is 28.8 Å². The van der Waals surface area contributed by atoms with Crippen molar-refractivity contribution in [3.05, 3.63) is 93.9 Å². The summed E-state index contributed by atoms with van der Waals surface area (Å²) in [7, 11) is 1.76. The van der Waals surface area contributed by atoms with Crippen molar-refractivity contribution in [2.75, 3.05) is 6.54 Å². The van der Waals surface area contributed by atoms with E-state index in [4.69, 9.17) is 16.1 Å². The molecule has 0 spiro atoms. The van der Waals surface area contributed by atoms with E-state index in [1.165, 1.54) is 12.1 Å². The molecule has 1 amide bonds. The van der Waals surface area contributed by atoms with Gasteiger partial charge >= 0.3 is 0 Å². The molecule has 1 aliphatic rings. The molecule has 4 aromatic rings. The molecule has 0 saturated carbocycles. The van der Waals surface area contributed by atoms with Gasteiger partial charge in [-0.1, -0.05) is 41.0 Å². The normalized spacial score (nSPS) is 15.6. The summed E-state index contributed by atoms with van der Waals surface area (Å²) in [5.74, 6) is -1.96. The minimum absolute atomic E-state index is 0.0296. The summed E-state index contributed by atoms with van der Waals surface area (Å²) in [4.78, 5) is 14.9. The monoisotopic (exact) mass is 454 g/mol. The van der Waals surface area contributed by atoms with Crippen molar-refractivity contribution in [3.8, 4) is 11.3 Å². The van der Waals surface area contributed by atoms with Crippen LogP contribution in [0.5, 0.6) is 0 Å². The zero-order chi connectivity index (χ0) is 22.4. The van der Waals surface area contributed by atoms with Gasteiger partial charge in [0, 0.05) is 43.8 Å². The first kappa shape index (κ1) is 20.4. The Morgan fingerprint density at radius 1 is 1.16 bits per heavy atom. The van der Waals surface area contributed by atoms with E-state index in [9.17, 15) is 13.6 Å². The number of hydrogen-bond acceptors (Lipinski definition) is 4. The molecular formula is C23H17ClF2N4O2. The summed E-state index contributed by atoms with van der Waals surface area (Å²) >= 11 is 6.46. The second-order valence-corrected chi connectivity index (χ2v) is 8.01. The number of nitrogens with zero attached hydrogens (tertiary/aromatic N) is 4. The summed E-state index contributed by atoms with van der Waals surface area (Å²) in [6, 6.07) is 12.3. The van der Waals surface area contributed by atoms with Crippen LogP contribution in [0.15, 0.2) is 59.3 Å². The quantitative estimate of drug-likeness (QED) is 0.446. The van der Waals surface area contributed by atoms with Gasteiger partial charge in [0.2, 0.25) is 0 Å². The Bertz CT molecular complexity index is 1330. The molecule has 9 heteroatoms. The molecule has 0 N–H and O–H groups in total. The maximum Gasteiger partial charge on any atom is 0.276 e. The number of hydrogen-bond donors (Lipinski definition) is 0. The molecule has 6 nitrogen and oxygen atoms in total. The average Bonchev–Trinajstić information content (AvgIpc) is 3.40. The van der Waals surface area contributed by atoms with Crippen molar-refractivity contribution in [3.63, 3.8) is 0 Å². The second kappa shape index (κ2) is 7.87. The van der Waals surface area contributed by atoms with Crippen LogP contribution in [-0.2, 0) is 13.6 Å². The van der Waals surface area contributed by atoms with Gasteiger partial charge < -0.3 is 9.42 Å². The minimum Gasteiger partial charge on any atom is -0.355 e. The lowest BCUT2D eigenvalue weighted by molar-refractivity contribution is 0.0714. The van der Waals surface area contributed by atoms with Crippen LogP contribution in [0.2, 0.25) is 5.15 Å². The average molecular weight is 455 g/mol. The molecule has 5 rings (SSSR count). The molecule has 1 atom stereocenters. The fraction of sp³-hybridized carbons (Fsp3) is 0.174. The van der Waals surface area contributed by atoms with Crippen molar-refractivity contribution in [2.45, 2.75) is 12.5 Å². The van der Waals surface area contributed by atoms with E-state index in [-0.39, 0.29) is 28.8 Å². The van der Waals surface area contributed by atoms with Gasteiger partial charge in [0.05, 0.1) is 11.8 Å². The first-order valence-electron chi connectivity index (χ1n) is 9.89. The molecule has 0 fully saturated rings. The number of aromatic nitrogens is 3. The fourth-order valence-corrected chi connectivity index (χ4v) is 4.28. The minimum atomic E-state index is -0.793. The highest BCUT2D eigenvalue weighted by molar-refractivity contribution is 6.30. The third-order valence-corrected chi connectivity index (χ3v) is 6.14. The van der Waals surface area contributed by atoms with E-state index in [1.807, 2.05) is 24.3 Å². The molecule has 2 aromatic carbocycles. The predicted molar refractivity (Wildman–Crippen MR) is 113 cm³/mol. The van der Waals surface area contributed by atoms with E-state index in [2.05, 4.69) is 10.3 Å². The van der Waals surface area contributed by atoms with Crippen molar-refractivity contribution < 1.29 is 18.1 Å². The molecular weight excluding hydrogens is 438 g/mol. The van der Waals surface area contributed by atoms with Crippen LogP contribution in [0.3, 0.4) is 0 Å². The summed E-state index contributed by atoms with van der Waals surface area (Å²) in [6.07, 6.45) is 1.71. The number of carbonyl (C=O) groups excluding carboxylic acids is 1. The number of carbonyl (C=O) groups is 1. The molecule has 0 bridgehead atoms. The van der Waals surface area contributed by atoms with Gasteiger partial charge in [0.1, 0.15) is 16.8 Å². The Hall–Kier alpha value is -3.52. The van der Waals surface area contributed by atoms with Gasteiger partial charge in [-0.15, -0.1) is 0 Å². The van der Waals surface area contributed by atoms with Crippen molar-refractivity contribution in [1.82, 2.24) is 19.8 Å². The number of rotatable bonds is 3. The highest BCUT2D eigenvalue weighted by Crippen LogP contribution is 2.37. The zero-order valence-electron chi connectivity index (χ0n) is 16.9. The molecule has 2 aromatic heterocycles. The maximum absolute atomic E-state index is 14.1. The third-order valence-electron chi connectivity index (χ3n) is 5.68. The second-order valence-electron chi connectivity index (χ2n) is 7.65. The molecule has 32 heavy (non-hydrogen) atoms. The van der Waals surface area contributed by atoms with E-state index in [0.29, 0.717) is 18.2 Å². The molecule has 0 unspecified atom stereocenters. The van der Waals surface area contributed by atoms with Crippen LogP contribution in [0.4, 0.5) is 8.78 Å². The maximum atomic E-state index is 14.1. The van der Waals surface area contributed by atoms with Gasteiger partial charge in [-0.25, -0.2) is 8.78 Å². The van der Waals surface area contributed by atoms with E-state index in [1.54, 1.807) is 22.8 Å². The molecule has 0 aliphatic carbocycles. The molecule has 0 saturated heterocycles. The third kappa shape index (κ3) is 3.46. The van der Waals surface area contributed by atoms with Crippen LogP contribution < -0.4 is 0 Å². The summed E-state index contributed by atoms with van der Waals surface area (Å²) in [6.45, 7) is 0.755. The lowest BCUT2D eigenvalue weighted by atomic mass is 9.86. The van der Waals surface area contributed by atoms with E-state index < -0.39 is 11.6 Å². The fourth-order valence-electron chi connectivity index (χ4n) is 4.06. The van der Waals surface area contributed by atoms with Crippen molar-refractivity contribution in [1.29, 1.82) is 0 Å². The Labute approximate surface area is 187 Å². The molecule has 162 valence electrons. The van der Waals surface area contributed by atoms with Crippen molar-refractivity contribution >= 4 is 17.5 Å². The van der Waals surface area contributed by atoms with Crippen LogP contribution in [0.1, 0.15) is 33.1 Å². The standard InChI is InChI=1S/C23H17ClF2N4O2/c1-29-22(24)17(10-27-29)18-12-30(11-13-4-2-3-5-15(13)18)23(31)20-9-21(32-28-20)16-7-6-14(25)8-19(16)26/h2-10,18H,11-12H2,1H3/t18-/m0/s1. The Morgan fingerprint density at radius 3 is 2.72 bits per heavy atom. The van der Waals surface area contributed by atoms with Crippen LogP contribution in [0, 0.1) is 11.6 Å². The Morgan fingerprint density at radius 2 is 1.97 bits per heavy atom. The van der Waals surface area contributed by atoms with Gasteiger partial charge in [-0.2, -0.15) is 5.10 Å². The van der Waals surface area contributed by atoms with Crippen LogP contribution in [-0.4, -0.2) is 32.3 Å². The first-order chi connectivity index (χ1) is 15.4. The number of aryl methyl sites for hydroxylation is 1. The number of benzene rings is 2. The highest BCUT2D eigenvalue weighted by Gasteiger charge is 2.33. The van der Waals surface area contributed by atoms with Gasteiger partial charge in [-0.3, -0.25) is 9.48 Å². The molecule has 0 radical (unpaired) electrons. The van der Waals surface area contributed by atoms with E-state index >= 15 is 0 Å². The summed E-state index contributed by atoms with van der Waals surface area (Å²) < 4.78 is 34.1. The topological polar surface area (TPSA) is 64.2 Å². The molecule has 3 heterocycles. The number of amides is 1. The largest absolute Gasteiger partial charge is 0.355 e. The molecule has 1 aliphatic heterocycles. The summed E-state index contributed by atoms with van der Waals surface area (Å²) in [5, 5.41) is 8.58. The van der Waals surface area contributed by atoms with Gasteiger partial charge in [0.15, 0.2) is 11.5 Å². The van der Waals surface area contributed by atoms with Gasteiger partial charge in [-0.05, 0) is 23.3 Å². The van der Waals surface area contributed by atoms with Crippen LogP contribution >= 0.6 is 11.6 Å². The SMILES string of the molecule is Cn1ncc([C@H]2CN(C(=O)c3cc(-c4ccc(F)cc4F)on3)Cc3ccccc32)c1Cl. The smallest absolute Gasteiger partial charge is 0.276 e. The summed E-state index contributed by atoms with van der Waals surface area (Å²) in [5.41, 5.74) is 2.97. The lowest BCUT2D eigenvalue weighted by Gasteiger charge is -2.34. The zero-order valence-corrected chi connectivity index (χ0v) is 17.7. The highest BCUT2D eigenvalue weighted by atomic mass is 35.5.